The zero-order chi connectivity index (χ0) is 15.6. The van der Waals surface area contributed by atoms with E-state index in [1.54, 1.807) is 0 Å². The van der Waals surface area contributed by atoms with Crippen LogP contribution in [0.3, 0.4) is 0 Å². The van der Waals surface area contributed by atoms with Gasteiger partial charge in [0, 0.05) is 15.7 Å². The van der Waals surface area contributed by atoms with Crippen molar-refractivity contribution in [3.05, 3.63) is 63.1 Å². The lowest BCUT2D eigenvalue weighted by Crippen LogP contribution is -2.13. The lowest BCUT2D eigenvalue weighted by Gasteiger charge is -2.10. The molecule has 0 saturated carbocycles. The summed E-state index contributed by atoms with van der Waals surface area (Å²) < 4.78 is 38.3. The predicted molar refractivity (Wildman–Crippen MR) is 78.5 cm³/mol. The number of carbonyl (C=O) groups excluding carboxylic acids is 1. The van der Waals surface area contributed by atoms with Crippen molar-refractivity contribution in [1.29, 1.82) is 0 Å². The normalized spacial score (nSPS) is 11.3. The largest absolute Gasteiger partial charge is 0.416 e. The fraction of sp³-hybridized carbons (Fsp3) is 0.0714. The minimum atomic E-state index is -4.45. The van der Waals surface area contributed by atoms with Crippen molar-refractivity contribution >= 4 is 39.1 Å². The third kappa shape index (κ3) is 3.98. The summed E-state index contributed by atoms with van der Waals surface area (Å²) in [6, 6.07) is 8.93. The Morgan fingerprint density at radius 2 is 1.86 bits per heavy atom. The zero-order valence-electron chi connectivity index (χ0n) is 10.3. The fourth-order valence-electron chi connectivity index (χ4n) is 1.61. The van der Waals surface area contributed by atoms with Gasteiger partial charge in [0.15, 0.2) is 0 Å². The maximum Gasteiger partial charge on any atom is 0.416 e. The number of amides is 1. The van der Waals surface area contributed by atoms with Crippen molar-refractivity contribution in [2.75, 3.05) is 5.32 Å². The van der Waals surface area contributed by atoms with Crippen molar-refractivity contribution in [2.24, 2.45) is 0 Å². The SMILES string of the molecule is O=C(Nc1cccc(C(F)(F)F)c1)c1ccc(Cl)c(Br)c1. The Bertz CT molecular complexity index is 688. The van der Waals surface area contributed by atoms with E-state index in [2.05, 4.69) is 21.2 Å². The highest BCUT2D eigenvalue weighted by Crippen LogP contribution is 2.31. The standard InChI is InChI=1S/C14H8BrClF3NO/c15-11-6-8(4-5-12(11)16)13(21)20-10-3-1-2-9(7-10)14(17,18)19/h1-7H,(H,20,21). The van der Waals surface area contributed by atoms with Crippen molar-refractivity contribution < 1.29 is 18.0 Å². The molecule has 0 aliphatic carbocycles. The molecule has 0 fully saturated rings. The van der Waals surface area contributed by atoms with Gasteiger partial charge >= 0.3 is 6.18 Å². The van der Waals surface area contributed by atoms with E-state index in [-0.39, 0.29) is 11.3 Å². The highest BCUT2D eigenvalue weighted by molar-refractivity contribution is 9.10. The van der Waals surface area contributed by atoms with Gasteiger partial charge in [-0.25, -0.2) is 0 Å². The van der Waals surface area contributed by atoms with Gasteiger partial charge in [-0.15, -0.1) is 0 Å². The van der Waals surface area contributed by atoms with E-state index in [0.717, 1.165) is 12.1 Å². The average Bonchev–Trinajstić information content (AvgIpc) is 2.41. The molecule has 110 valence electrons. The Balaban J connectivity index is 2.21. The molecule has 21 heavy (non-hydrogen) atoms. The van der Waals surface area contributed by atoms with Gasteiger partial charge in [-0.3, -0.25) is 4.79 Å². The summed E-state index contributed by atoms with van der Waals surface area (Å²) in [5, 5.41) is 2.85. The molecule has 2 aromatic rings. The highest BCUT2D eigenvalue weighted by atomic mass is 79.9. The van der Waals surface area contributed by atoms with Crippen LogP contribution < -0.4 is 5.32 Å². The minimum Gasteiger partial charge on any atom is -0.322 e. The summed E-state index contributed by atoms with van der Waals surface area (Å²) in [4.78, 5) is 12.0. The van der Waals surface area contributed by atoms with E-state index in [9.17, 15) is 18.0 Å². The quantitative estimate of drug-likeness (QED) is 0.747. The molecule has 0 spiro atoms. The average molecular weight is 379 g/mol. The number of alkyl halides is 3. The summed E-state index contributed by atoms with van der Waals surface area (Å²) in [6.45, 7) is 0. The molecule has 0 aromatic heterocycles. The van der Waals surface area contributed by atoms with E-state index in [0.29, 0.717) is 9.50 Å². The number of hydrogen-bond acceptors (Lipinski definition) is 1. The van der Waals surface area contributed by atoms with E-state index < -0.39 is 17.6 Å². The van der Waals surface area contributed by atoms with Gasteiger partial charge in [0.1, 0.15) is 0 Å². The maximum absolute atomic E-state index is 12.6. The first-order chi connectivity index (χ1) is 9.77. The van der Waals surface area contributed by atoms with Crippen molar-refractivity contribution in [1.82, 2.24) is 0 Å². The van der Waals surface area contributed by atoms with Crippen molar-refractivity contribution in [2.45, 2.75) is 6.18 Å². The Morgan fingerprint density at radius 1 is 1.14 bits per heavy atom. The van der Waals surface area contributed by atoms with Gasteiger partial charge in [-0.2, -0.15) is 13.2 Å². The molecule has 0 aliphatic heterocycles. The minimum absolute atomic E-state index is 0.0703. The first-order valence-corrected chi connectivity index (χ1v) is 6.88. The number of rotatable bonds is 2. The van der Waals surface area contributed by atoms with E-state index in [4.69, 9.17) is 11.6 Å². The number of anilines is 1. The Hall–Kier alpha value is -1.53. The second-order valence-electron chi connectivity index (χ2n) is 4.16. The molecule has 0 heterocycles. The van der Waals surface area contributed by atoms with Crippen LogP contribution in [0.5, 0.6) is 0 Å². The molecule has 7 heteroatoms. The molecule has 2 rings (SSSR count). The van der Waals surface area contributed by atoms with Crippen LogP contribution in [0.2, 0.25) is 5.02 Å². The third-order valence-electron chi connectivity index (χ3n) is 2.63. The zero-order valence-corrected chi connectivity index (χ0v) is 12.7. The molecule has 0 atom stereocenters. The second kappa shape index (κ2) is 6.07. The van der Waals surface area contributed by atoms with Gasteiger partial charge in [0.2, 0.25) is 0 Å². The summed E-state index contributed by atoms with van der Waals surface area (Å²) in [5.74, 6) is -0.522. The molecule has 0 aliphatic rings. The van der Waals surface area contributed by atoms with Crippen LogP contribution in [0.15, 0.2) is 46.9 Å². The van der Waals surface area contributed by atoms with Crippen molar-refractivity contribution in [3.63, 3.8) is 0 Å². The molecule has 2 aromatic carbocycles. The lowest BCUT2D eigenvalue weighted by atomic mass is 10.1. The molecule has 0 bridgehead atoms. The Morgan fingerprint density at radius 3 is 2.48 bits per heavy atom. The van der Waals surface area contributed by atoms with E-state index >= 15 is 0 Å². The fourth-order valence-corrected chi connectivity index (χ4v) is 2.11. The van der Waals surface area contributed by atoms with Gasteiger partial charge in [0.05, 0.1) is 10.6 Å². The lowest BCUT2D eigenvalue weighted by molar-refractivity contribution is -0.137. The summed E-state index contributed by atoms with van der Waals surface area (Å²) in [6.07, 6.45) is -4.45. The Kier molecular flexibility index (Phi) is 4.58. The van der Waals surface area contributed by atoms with Crippen LogP contribution in [0.1, 0.15) is 15.9 Å². The molecule has 0 unspecified atom stereocenters. The molecular formula is C14H8BrClF3NO. The molecule has 1 amide bonds. The first kappa shape index (κ1) is 15.9. The molecule has 0 radical (unpaired) electrons. The summed E-state index contributed by atoms with van der Waals surface area (Å²) in [7, 11) is 0. The van der Waals surface area contributed by atoms with Gasteiger partial charge in [-0.1, -0.05) is 17.7 Å². The third-order valence-corrected chi connectivity index (χ3v) is 3.84. The number of hydrogen-bond donors (Lipinski definition) is 1. The first-order valence-electron chi connectivity index (χ1n) is 5.71. The topological polar surface area (TPSA) is 29.1 Å². The molecule has 1 N–H and O–H groups in total. The van der Waals surface area contributed by atoms with Gasteiger partial charge in [-0.05, 0) is 52.3 Å². The van der Waals surface area contributed by atoms with Crippen LogP contribution in [-0.2, 0) is 6.18 Å². The van der Waals surface area contributed by atoms with Crippen LogP contribution in [0, 0.1) is 0 Å². The number of nitrogens with one attached hydrogen (secondary N) is 1. The summed E-state index contributed by atoms with van der Waals surface area (Å²) >= 11 is 8.99. The monoisotopic (exact) mass is 377 g/mol. The molecule has 0 saturated heterocycles. The van der Waals surface area contributed by atoms with Crippen molar-refractivity contribution in [3.8, 4) is 0 Å². The van der Waals surface area contributed by atoms with Gasteiger partial charge in [0.25, 0.3) is 5.91 Å². The van der Waals surface area contributed by atoms with E-state index in [1.165, 1.54) is 30.3 Å². The van der Waals surface area contributed by atoms with Crippen LogP contribution in [0.25, 0.3) is 0 Å². The van der Waals surface area contributed by atoms with Crippen LogP contribution >= 0.6 is 27.5 Å². The summed E-state index contributed by atoms with van der Waals surface area (Å²) in [5.41, 5.74) is -0.470. The molecular weight excluding hydrogens is 371 g/mol. The smallest absolute Gasteiger partial charge is 0.322 e. The number of carbonyl (C=O) groups is 1. The maximum atomic E-state index is 12.6. The highest BCUT2D eigenvalue weighted by Gasteiger charge is 2.30. The van der Waals surface area contributed by atoms with E-state index in [1.807, 2.05) is 0 Å². The van der Waals surface area contributed by atoms with Crippen LogP contribution in [-0.4, -0.2) is 5.91 Å². The van der Waals surface area contributed by atoms with Crippen LogP contribution in [0.4, 0.5) is 18.9 Å². The molecule has 2 nitrogen and oxygen atoms in total. The second-order valence-corrected chi connectivity index (χ2v) is 5.42. The Labute approximate surface area is 132 Å². The number of halogens is 5. The number of benzene rings is 2. The predicted octanol–water partition coefficient (Wildman–Crippen LogP) is 5.37. The van der Waals surface area contributed by atoms with Gasteiger partial charge < -0.3 is 5.32 Å².